The van der Waals surface area contributed by atoms with Gasteiger partial charge in [-0.15, -0.1) is 0 Å². The zero-order valence-corrected chi connectivity index (χ0v) is 13.3. The van der Waals surface area contributed by atoms with Crippen LogP contribution in [0.25, 0.3) is 0 Å². The number of amides is 1. The fourth-order valence-electron chi connectivity index (χ4n) is 1.51. The molecule has 2 aromatic rings. The second-order valence-corrected chi connectivity index (χ2v) is 5.81. The summed E-state index contributed by atoms with van der Waals surface area (Å²) in [5.41, 5.74) is 2.06. The monoisotopic (exact) mass is 416 g/mol. The van der Waals surface area contributed by atoms with Gasteiger partial charge in [-0.2, -0.15) is 0 Å². The van der Waals surface area contributed by atoms with Gasteiger partial charge in [0.25, 0.3) is 5.91 Å². The van der Waals surface area contributed by atoms with Gasteiger partial charge < -0.3 is 5.32 Å². The summed E-state index contributed by atoms with van der Waals surface area (Å²) in [7, 11) is 0. The number of carbonyl (C=O) groups excluding carboxylic acids is 1. The van der Waals surface area contributed by atoms with Crippen molar-refractivity contribution in [1.82, 2.24) is 4.98 Å². The average molecular weight is 417 g/mol. The van der Waals surface area contributed by atoms with E-state index in [2.05, 4.69) is 48.8 Å². The minimum Gasteiger partial charge on any atom is -0.321 e. The van der Waals surface area contributed by atoms with E-state index in [1.54, 1.807) is 18.3 Å². The molecule has 0 saturated carbocycles. The number of aromatic nitrogens is 1. The number of pyridine rings is 1. The molecular weight excluding hydrogens is 407 g/mol. The molecule has 2 rings (SSSR count). The van der Waals surface area contributed by atoms with E-state index in [9.17, 15) is 4.79 Å². The van der Waals surface area contributed by atoms with Crippen LogP contribution in [0.4, 0.5) is 5.69 Å². The summed E-state index contributed by atoms with van der Waals surface area (Å²) < 4.78 is 1.92. The second-order valence-electron chi connectivity index (χ2n) is 3.71. The molecular formula is C13H10BrIN2O. The molecule has 18 heavy (non-hydrogen) atoms. The summed E-state index contributed by atoms with van der Waals surface area (Å²) in [6.07, 6.45) is 1.67. The average Bonchev–Trinajstić information content (AvgIpc) is 2.34. The fraction of sp³-hybridized carbons (Fsp3) is 0.0769. The number of benzene rings is 1. The number of nitrogens with one attached hydrogen (secondary N) is 1. The third-order valence-electron chi connectivity index (χ3n) is 2.43. The molecule has 0 bridgehead atoms. The van der Waals surface area contributed by atoms with Gasteiger partial charge in [-0.3, -0.25) is 9.78 Å². The first-order valence-electron chi connectivity index (χ1n) is 5.26. The van der Waals surface area contributed by atoms with Crippen LogP contribution in [0.3, 0.4) is 0 Å². The molecule has 1 amide bonds. The predicted molar refractivity (Wildman–Crippen MR) is 83.8 cm³/mol. The summed E-state index contributed by atoms with van der Waals surface area (Å²) in [5, 5.41) is 2.88. The topological polar surface area (TPSA) is 42.0 Å². The van der Waals surface area contributed by atoms with Crippen molar-refractivity contribution in [2.45, 2.75) is 6.92 Å². The number of halogens is 2. The first-order chi connectivity index (χ1) is 8.58. The van der Waals surface area contributed by atoms with E-state index in [0.29, 0.717) is 5.56 Å². The highest BCUT2D eigenvalue weighted by Crippen LogP contribution is 2.25. The number of carbonyl (C=O) groups is 1. The summed E-state index contributed by atoms with van der Waals surface area (Å²) in [6, 6.07) is 9.31. The Kier molecular flexibility index (Phi) is 4.34. The Morgan fingerprint density at radius 2 is 2.17 bits per heavy atom. The zero-order valence-electron chi connectivity index (χ0n) is 9.58. The quantitative estimate of drug-likeness (QED) is 0.751. The van der Waals surface area contributed by atoms with E-state index >= 15 is 0 Å². The van der Waals surface area contributed by atoms with E-state index in [4.69, 9.17) is 0 Å². The van der Waals surface area contributed by atoms with E-state index in [0.717, 1.165) is 19.4 Å². The largest absolute Gasteiger partial charge is 0.321 e. The van der Waals surface area contributed by atoms with Crippen LogP contribution in [-0.2, 0) is 0 Å². The SMILES string of the molecule is Cc1ncccc1C(=O)Nc1cc(I)ccc1Br. The molecule has 1 aromatic carbocycles. The van der Waals surface area contributed by atoms with Crippen LogP contribution in [0.15, 0.2) is 41.0 Å². The molecule has 0 fully saturated rings. The van der Waals surface area contributed by atoms with Crippen molar-refractivity contribution in [3.05, 3.63) is 55.8 Å². The summed E-state index contributed by atoms with van der Waals surface area (Å²) in [6.45, 7) is 1.82. The maximum absolute atomic E-state index is 12.1. The lowest BCUT2D eigenvalue weighted by molar-refractivity contribution is 0.102. The van der Waals surface area contributed by atoms with Crippen LogP contribution in [0.2, 0.25) is 0 Å². The van der Waals surface area contributed by atoms with Crippen molar-refractivity contribution in [2.24, 2.45) is 0 Å². The summed E-state index contributed by atoms with van der Waals surface area (Å²) >= 11 is 5.62. The normalized spacial score (nSPS) is 10.2. The molecule has 92 valence electrons. The zero-order chi connectivity index (χ0) is 13.1. The number of anilines is 1. The number of aryl methyl sites for hydroxylation is 1. The molecule has 3 nitrogen and oxygen atoms in total. The molecule has 0 aliphatic heterocycles. The van der Waals surface area contributed by atoms with Crippen molar-refractivity contribution in [1.29, 1.82) is 0 Å². The molecule has 5 heteroatoms. The van der Waals surface area contributed by atoms with E-state index in [1.165, 1.54) is 0 Å². The van der Waals surface area contributed by atoms with E-state index in [-0.39, 0.29) is 5.91 Å². The van der Waals surface area contributed by atoms with Gasteiger partial charge in [0.2, 0.25) is 0 Å². The predicted octanol–water partition coefficient (Wildman–Crippen LogP) is 4.01. The third kappa shape index (κ3) is 3.08. The molecule has 0 aliphatic carbocycles. The van der Waals surface area contributed by atoms with Gasteiger partial charge in [0.1, 0.15) is 0 Å². The summed E-state index contributed by atoms with van der Waals surface area (Å²) in [5.74, 6) is -0.150. The Bertz CT molecular complexity index is 601. The fourth-order valence-corrected chi connectivity index (χ4v) is 2.34. The van der Waals surface area contributed by atoms with Crippen LogP contribution in [0, 0.1) is 10.5 Å². The first-order valence-corrected chi connectivity index (χ1v) is 7.13. The minimum absolute atomic E-state index is 0.150. The third-order valence-corrected chi connectivity index (χ3v) is 3.79. The van der Waals surface area contributed by atoms with Crippen LogP contribution < -0.4 is 5.32 Å². The summed E-state index contributed by atoms with van der Waals surface area (Å²) in [4.78, 5) is 16.2. The lowest BCUT2D eigenvalue weighted by Gasteiger charge is -2.09. The molecule has 1 heterocycles. The molecule has 0 radical (unpaired) electrons. The lowest BCUT2D eigenvalue weighted by Crippen LogP contribution is -2.14. The Labute approximate surface area is 127 Å². The Hall–Kier alpha value is -0.950. The molecule has 0 spiro atoms. The number of hydrogen-bond donors (Lipinski definition) is 1. The smallest absolute Gasteiger partial charge is 0.257 e. The van der Waals surface area contributed by atoms with Crippen molar-refractivity contribution in [3.8, 4) is 0 Å². The number of rotatable bonds is 2. The highest BCUT2D eigenvalue weighted by Gasteiger charge is 2.11. The Morgan fingerprint density at radius 3 is 2.89 bits per heavy atom. The van der Waals surface area contributed by atoms with Gasteiger partial charge >= 0.3 is 0 Å². The minimum atomic E-state index is -0.150. The molecule has 1 N–H and O–H groups in total. The standard InChI is InChI=1S/C13H10BrIN2O/c1-8-10(3-2-6-16-8)13(18)17-12-7-9(15)4-5-11(12)14/h2-7H,1H3,(H,17,18). The maximum atomic E-state index is 12.1. The highest BCUT2D eigenvalue weighted by atomic mass is 127. The van der Waals surface area contributed by atoms with Crippen molar-refractivity contribution >= 4 is 50.1 Å². The lowest BCUT2D eigenvalue weighted by atomic mass is 10.2. The van der Waals surface area contributed by atoms with Crippen LogP contribution in [0.5, 0.6) is 0 Å². The van der Waals surface area contributed by atoms with Gasteiger partial charge in [0.15, 0.2) is 0 Å². The molecule has 1 aromatic heterocycles. The molecule has 0 saturated heterocycles. The first kappa shape index (κ1) is 13.5. The van der Waals surface area contributed by atoms with Gasteiger partial charge in [0.05, 0.1) is 11.3 Å². The van der Waals surface area contributed by atoms with Crippen molar-refractivity contribution < 1.29 is 4.79 Å². The molecule has 0 aliphatic rings. The highest BCUT2D eigenvalue weighted by molar-refractivity contribution is 14.1. The Balaban J connectivity index is 2.27. The van der Waals surface area contributed by atoms with Crippen LogP contribution >= 0.6 is 38.5 Å². The molecule has 0 atom stereocenters. The maximum Gasteiger partial charge on any atom is 0.257 e. The van der Waals surface area contributed by atoms with Gasteiger partial charge in [0, 0.05) is 19.9 Å². The van der Waals surface area contributed by atoms with Gasteiger partial charge in [-0.05, 0) is 75.8 Å². The number of nitrogens with zero attached hydrogens (tertiary/aromatic N) is 1. The van der Waals surface area contributed by atoms with Gasteiger partial charge in [-0.25, -0.2) is 0 Å². The molecule has 0 unspecified atom stereocenters. The van der Waals surface area contributed by atoms with E-state index in [1.807, 2.05) is 25.1 Å². The Morgan fingerprint density at radius 1 is 1.39 bits per heavy atom. The van der Waals surface area contributed by atoms with Crippen molar-refractivity contribution in [2.75, 3.05) is 5.32 Å². The van der Waals surface area contributed by atoms with Crippen LogP contribution in [0.1, 0.15) is 16.1 Å². The second kappa shape index (κ2) is 5.79. The number of hydrogen-bond acceptors (Lipinski definition) is 2. The van der Waals surface area contributed by atoms with Crippen molar-refractivity contribution in [3.63, 3.8) is 0 Å². The van der Waals surface area contributed by atoms with Gasteiger partial charge in [-0.1, -0.05) is 0 Å². The van der Waals surface area contributed by atoms with Crippen LogP contribution in [-0.4, -0.2) is 10.9 Å². The van der Waals surface area contributed by atoms with E-state index < -0.39 is 0 Å².